The van der Waals surface area contributed by atoms with Gasteiger partial charge in [0.05, 0.1) is 11.1 Å². The molecule has 2 rings (SSSR count). The summed E-state index contributed by atoms with van der Waals surface area (Å²) in [4.78, 5) is 13.2. The van der Waals surface area contributed by atoms with E-state index in [1.807, 2.05) is 20.0 Å². The van der Waals surface area contributed by atoms with Gasteiger partial charge in [0.1, 0.15) is 0 Å². The Bertz CT molecular complexity index is 285. The lowest BCUT2D eigenvalue weighted by Gasteiger charge is -2.39. The van der Waals surface area contributed by atoms with Crippen molar-refractivity contribution in [2.75, 3.05) is 7.05 Å². The zero-order chi connectivity index (χ0) is 9.64. The Kier molecular flexibility index (Phi) is 1.74. The Morgan fingerprint density at radius 3 is 3.08 bits per heavy atom. The molecule has 72 valence electrons. The molecule has 2 aliphatic heterocycles. The van der Waals surface area contributed by atoms with Gasteiger partial charge in [0.2, 0.25) is 0 Å². The highest BCUT2D eigenvalue weighted by molar-refractivity contribution is 5.89. The number of hydrogen-bond donors (Lipinski definition) is 1. The summed E-state index contributed by atoms with van der Waals surface area (Å²) in [5.41, 5.74) is 0.373. The average molecular weight is 181 g/mol. The first-order valence-electron chi connectivity index (χ1n) is 4.72. The van der Waals surface area contributed by atoms with Gasteiger partial charge in [0.25, 0.3) is 0 Å². The third kappa shape index (κ3) is 1.03. The molecule has 1 fully saturated rings. The Labute approximate surface area is 78.0 Å². The second kappa shape index (κ2) is 2.58. The van der Waals surface area contributed by atoms with Gasteiger partial charge in [-0.15, -0.1) is 0 Å². The van der Waals surface area contributed by atoms with Crippen LogP contribution in [0, 0.1) is 0 Å². The molecule has 2 atom stereocenters. The Balaban J connectivity index is 2.40. The molecule has 0 spiro atoms. The van der Waals surface area contributed by atoms with Crippen LogP contribution < -0.4 is 0 Å². The minimum atomic E-state index is -0.755. The Morgan fingerprint density at radius 2 is 2.46 bits per heavy atom. The smallest absolute Gasteiger partial charge is 0.333 e. The Morgan fingerprint density at radius 1 is 1.77 bits per heavy atom. The summed E-state index contributed by atoms with van der Waals surface area (Å²) in [7, 11) is 2.04. The molecule has 0 aromatic rings. The molecule has 0 radical (unpaired) electrons. The van der Waals surface area contributed by atoms with E-state index in [0.29, 0.717) is 11.6 Å². The molecule has 3 nitrogen and oxygen atoms in total. The van der Waals surface area contributed by atoms with Crippen LogP contribution in [-0.4, -0.2) is 34.6 Å². The fourth-order valence-corrected chi connectivity index (χ4v) is 2.61. The van der Waals surface area contributed by atoms with Crippen LogP contribution in [0.1, 0.15) is 26.2 Å². The number of carbonyl (C=O) groups is 1. The summed E-state index contributed by atoms with van der Waals surface area (Å²) < 4.78 is 0. The van der Waals surface area contributed by atoms with Gasteiger partial charge in [0.15, 0.2) is 0 Å². The van der Waals surface area contributed by atoms with Gasteiger partial charge in [-0.05, 0) is 33.2 Å². The van der Waals surface area contributed by atoms with Crippen molar-refractivity contribution in [3.8, 4) is 0 Å². The number of fused-ring (bicyclic) bond motifs is 2. The van der Waals surface area contributed by atoms with Crippen LogP contribution in [0.2, 0.25) is 0 Å². The van der Waals surface area contributed by atoms with Crippen LogP contribution in [0.15, 0.2) is 11.6 Å². The maximum Gasteiger partial charge on any atom is 0.333 e. The summed E-state index contributed by atoms with van der Waals surface area (Å²) in [5, 5.41) is 9.05. The fraction of sp³-hybridized carbons (Fsp3) is 0.700. The van der Waals surface area contributed by atoms with Gasteiger partial charge >= 0.3 is 5.97 Å². The molecular weight excluding hydrogens is 166 g/mol. The van der Waals surface area contributed by atoms with Crippen molar-refractivity contribution in [3.63, 3.8) is 0 Å². The maximum absolute atomic E-state index is 11.0. The number of carboxylic acid groups (broad SMARTS) is 1. The molecule has 0 aliphatic carbocycles. The molecule has 1 saturated heterocycles. The number of rotatable bonds is 1. The van der Waals surface area contributed by atoms with Crippen molar-refractivity contribution in [1.82, 2.24) is 4.90 Å². The van der Waals surface area contributed by atoms with E-state index in [-0.39, 0.29) is 5.54 Å². The quantitative estimate of drug-likeness (QED) is 0.662. The minimum Gasteiger partial charge on any atom is -0.478 e. The van der Waals surface area contributed by atoms with Crippen molar-refractivity contribution in [2.45, 2.75) is 37.8 Å². The van der Waals surface area contributed by atoms with E-state index in [1.165, 1.54) is 0 Å². The van der Waals surface area contributed by atoms with Crippen molar-refractivity contribution in [1.29, 1.82) is 0 Å². The molecular formula is C10H15NO2. The van der Waals surface area contributed by atoms with E-state index in [9.17, 15) is 4.79 Å². The highest BCUT2D eigenvalue weighted by atomic mass is 16.4. The van der Waals surface area contributed by atoms with Gasteiger partial charge in [0, 0.05) is 6.04 Å². The van der Waals surface area contributed by atoms with E-state index < -0.39 is 5.97 Å². The summed E-state index contributed by atoms with van der Waals surface area (Å²) in [6.45, 7) is 2.03. The second-order valence-corrected chi connectivity index (χ2v) is 4.24. The van der Waals surface area contributed by atoms with E-state index in [4.69, 9.17) is 5.11 Å². The molecule has 0 amide bonds. The summed E-state index contributed by atoms with van der Waals surface area (Å²) in [5.74, 6) is -0.755. The third-order valence-electron chi connectivity index (χ3n) is 3.70. The molecule has 0 aromatic carbocycles. The van der Waals surface area contributed by atoms with Gasteiger partial charge in [-0.2, -0.15) is 0 Å². The maximum atomic E-state index is 11.0. The molecule has 2 bridgehead atoms. The highest BCUT2D eigenvalue weighted by Gasteiger charge is 2.47. The number of nitrogens with zero attached hydrogens (tertiary/aromatic N) is 1. The monoisotopic (exact) mass is 181 g/mol. The van der Waals surface area contributed by atoms with E-state index in [0.717, 1.165) is 19.3 Å². The van der Waals surface area contributed by atoms with Crippen LogP contribution in [-0.2, 0) is 4.79 Å². The van der Waals surface area contributed by atoms with Gasteiger partial charge in [-0.1, -0.05) is 6.08 Å². The zero-order valence-electron chi connectivity index (χ0n) is 8.08. The molecule has 0 saturated carbocycles. The van der Waals surface area contributed by atoms with Crippen LogP contribution in [0.4, 0.5) is 0 Å². The average Bonchev–Trinajstić information content (AvgIpc) is 2.30. The molecule has 1 N–H and O–H groups in total. The van der Waals surface area contributed by atoms with Crippen molar-refractivity contribution in [2.24, 2.45) is 0 Å². The number of aliphatic carboxylic acids is 1. The summed E-state index contributed by atoms with van der Waals surface area (Å²) >= 11 is 0. The van der Waals surface area contributed by atoms with E-state index in [1.54, 1.807) is 0 Å². The topological polar surface area (TPSA) is 40.5 Å². The number of carboxylic acids is 1. The van der Waals surface area contributed by atoms with E-state index in [2.05, 4.69) is 4.90 Å². The first-order valence-corrected chi connectivity index (χ1v) is 4.72. The summed E-state index contributed by atoms with van der Waals surface area (Å²) in [6.07, 6.45) is 4.90. The van der Waals surface area contributed by atoms with Crippen molar-refractivity contribution >= 4 is 5.97 Å². The molecule has 2 heterocycles. The zero-order valence-corrected chi connectivity index (χ0v) is 8.08. The third-order valence-corrected chi connectivity index (χ3v) is 3.70. The lowest BCUT2D eigenvalue weighted by atomic mass is 9.88. The summed E-state index contributed by atoms with van der Waals surface area (Å²) in [6, 6.07) is 0.563. The predicted molar refractivity (Wildman–Crippen MR) is 49.5 cm³/mol. The van der Waals surface area contributed by atoms with Gasteiger partial charge < -0.3 is 5.11 Å². The number of hydrogen-bond acceptors (Lipinski definition) is 2. The molecule has 0 unspecified atom stereocenters. The van der Waals surface area contributed by atoms with Gasteiger partial charge in [-0.25, -0.2) is 4.79 Å². The van der Waals surface area contributed by atoms with Crippen LogP contribution >= 0.6 is 0 Å². The van der Waals surface area contributed by atoms with Crippen LogP contribution in [0.25, 0.3) is 0 Å². The van der Waals surface area contributed by atoms with Crippen molar-refractivity contribution in [3.05, 3.63) is 11.6 Å². The van der Waals surface area contributed by atoms with Crippen LogP contribution in [0.3, 0.4) is 0 Å². The SMILES string of the molecule is CN1[C@@H]2CC=C(C(=O)O)[C@@]1(C)CC2. The minimum absolute atomic E-state index is 0.214. The van der Waals surface area contributed by atoms with Crippen LogP contribution in [0.5, 0.6) is 0 Å². The lowest BCUT2D eigenvalue weighted by Crippen LogP contribution is -2.48. The van der Waals surface area contributed by atoms with Gasteiger partial charge in [-0.3, -0.25) is 4.90 Å². The molecule has 13 heavy (non-hydrogen) atoms. The first-order chi connectivity index (χ1) is 6.05. The van der Waals surface area contributed by atoms with E-state index >= 15 is 0 Å². The standard InChI is InChI=1S/C10H15NO2/c1-10-6-5-7(11(10)2)3-4-8(10)9(12)13/h4,7H,3,5-6H2,1-2H3,(H,12,13)/t7-,10-/m1/s1. The Hall–Kier alpha value is -0.830. The molecule has 3 heteroatoms. The fourth-order valence-electron chi connectivity index (χ4n) is 2.61. The lowest BCUT2D eigenvalue weighted by molar-refractivity contribution is -0.134. The molecule has 0 aromatic heterocycles. The predicted octanol–water partition coefficient (Wildman–Crippen LogP) is 1.25. The number of likely N-dealkylation sites (N-methyl/N-ethyl adjacent to an activating group) is 1. The first kappa shape index (κ1) is 8.75. The second-order valence-electron chi connectivity index (χ2n) is 4.24. The molecule has 2 aliphatic rings. The van der Waals surface area contributed by atoms with Crippen molar-refractivity contribution < 1.29 is 9.90 Å². The highest BCUT2D eigenvalue weighted by Crippen LogP contribution is 2.42. The largest absolute Gasteiger partial charge is 0.478 e. The normalized spacial score (nSPS) is 38.9.